The fraction of sp³-hybridized carbons (Fsp3) is 0.400. The highest BCUT2D eigenvalue weighted by molar-refractivity contribution is 7.88. The molecule has 1 aliphatic heterocycles. The van der Waals surface area contributed by atoms with Crippen LogP contribution in [0.2, 0.25) is 0 Å². The van der Waals surface area contributed by atoms with Gasteiger partial charge in [-0.05, 0) is 43.5 Å². The van der Waals surface area contributed by atoms with Crippen molar-refractivity contribution >= 4 is 38.4 Å². The molecule has 0 spiro atoms. The number of fused-ring (bicyclic) bond motifs is 1. The van der Waals surface area contributed by atoms with Crippen molar-refractivity contribution in [2.24, 2.45) is 0 Å². The number of piperidine rings is 1. The number of hydrogen-bond acceptors (Lipinski definition) is 6. The van der Waals surface area contributed by atoms with E-state index in [0.29, 0.717) is 30.3 Å². The highest BCUT2D eigenvalue weighted by Crippen LogP contribution is 2.30. The van der Waals surface area contributed by atoms with Crippen molar-refractivity contribution in [2.45, 2.75) is 25.2 Å². The van der Waals surface area contributed by atoms with Gasteiger partial charge in [-0.3, -0.25) is 4.79 Å². The summed E-state index contributed by atoms with van der Waals surface area (Å²) in [4.78, 5) is 21.1. The first kappa shape index (κ1) is 20.1. The van der Waals surface area contributed by atoms with E-state index in [0.717, 1.165) is 41.6 Å². The summed E-state index contributed by atoms with van der Waals surface area (Å²) >= 11 is 1.42. The Kier molecular flexibility index (Phi) is 5.71. The zero-order valence-electron chi connectivity index (χ0n) is 16.1. The van der Waals surface area contributed by atoms with Crippen molar-refractivity contribution in [3.63, 3.8) is 0 Å². The number of benzene rings is 1. The topological polar surface area (TPSA) is 92.5 Å². The lowest BCUT2D eigenvalue weighted by Gasteiger charge is -2.31. The number of likely N-dealkylation sites (tertiary alicyclic amines) is 1. The van der Waals surface area contributed by atoms with Gasteiger partial charge < -0.3 is 9.32 Å². The Hall–Kier alpha value is -2.23. The molecule has 1 amide bonds. The van der Waals surface area contributed by atoms with E-state index in [2.05, 4.69) is 9.71 Å². The Balaban J connectivity index is 1.41. The second kappa shape index (κ2) is 8.25. The molecule has 0 aliphatic carbocycles. The quantitative estimate of drug-likeness (QED) is 0.645. The van der Waals surface area contributed by atoms with Crippen LogP contribution < -0.4 is 4.72 Å². The minimum Gasteiger partial charge on any atom is -0.440 e. The molecule has 154 valence electrons. The van der Waals surface area contributed by atoms with Gasteiger partial charge in [-0.2, -0.15) is 0 Å². The summed E-state index contributed by atoms with van der Waals surface area (Å²) in [6.45, 7) is 1.64. The minimum absolute atomic E-state index is 0.0122. The van der Waals surface area contributed by atoms with Gasteiger partial charge in [0, 0.05) is 24.5 Å². The number of aromatic nitrogens is 1. The Morgan fingerprint density at radius 2 is 2.14 bits per heavy atom. The van der Waals surface area contributed by atoms with E-state index in [1.807, 2.05) is 41.3 Å². The molecule has 1 N–H and O–H groups in total. The Bertz CT molecular complexity index is 1090. The molecule has 0 unspecified atom stereocenters. The number of thiophene rings is 1. The Morgan fingerprint density at radius 3 is 2.93 bits per heavy atom. The number of nitrogens with zero attached hydrogens (tertiary/aromatic N) is 2. The van der Waals surface area contributed by atoms with Crippen LogP contribution in [-0.4, -0.2) is 50.1 Å². The number of carbonyl (C=O) groups is 1. The van der Waals surface area contributed by atoms with Crippen LogP contribution in [0.25, 0.3) is 11.1 Å². The molecule has 1 aliphatic rings. The number of nitrogens with one attached hydrogen (secondary N) is 1. The molecular formula is C20H23N3O4S2. The van der Waals surface area contributed by atoms with Crippen molar-refractivity contribution in [3.8, 4) is 0 Å². The standard InChI is InChI=1S/C20H23N3O4S2/c1-29(25,26)21-11-10-15-8-9-18(28-15)20(24)23-12-4-5-14(13-23)19-22-16-6-2-3-7-17(16)27-19/h2-3,6-9,14,21H,4-5,10-13H2,1H3/t14-/m1/s1. The summed E-state index contributed by atoms with van der Waals surface area (Å²) in [7, 11) is -3.20. The lowest BCUT2D eigenvalue weighted by molar-refractivity contribution is 0.0704. The number of para-hydroxylation sites is 2. The maximum atomic E-state index is 13.0. The van der Waals surface area contributed by atoms with Gasteiger partial charge in [-0.25, -0.2) is 18.1 Å². The first-order valence-corrected chi connectivity index (χ1v) is 12.3. The fourth-order valence-electron chi connectivity index (χ4n) is 3.57. The molecule has 2 aromatic heterocycles. The third-order valence-electron chi connectivity index (χ3n) is 4.98. The van der Waals surface area contributed by atoms with E-state index in [9.17, 15) is 13.2 Å². The second-order valence-corrected chi connectivity index (χ2v) is 10.3. The molecule has 1 aromatic carbocycles. The number of amides is 1. The van der Waals surface area contributed by atoms with Gasteiger partial charge in [-0.15, -0.1) is 11.3 Å². The van der Waals surface area contributed by atoms with Gasteiger partial charge in [0.1, 0.15) is 5.52 Å². The summed E-state index contributed by atoms with van der Waals surface area (Å²) < 4.78 is 30.7. The van der Waals surface area contributed by atoms with Gasteiger partial charge in [0.05, 0.1) is 17.1 Å². The van der Waals surface area contributed by atoms with E-state index >= 15 is 0 Å². The summed E-state index contributed by atoms with van der Waals surface area (Å²) in [5.74, 6) is 0.805. The maximum absolute atomic E-state index is 13.0. The summed E-state index contributed by atoms with van der Waals surface area (Å²) in [6.07, 6.45) is 3.56. The number of carbonyl (C=O) groups excluding carboxylic acids is 1. The summed E-state index contributed by atoms with van der Waals surface area (Å²) in [5.41, 5.74) is 1.62. The van der Waals surface area contributed by atoms with E-state index in [1.165, 1.54) is 11.3 Å². The normalized spacial score (nSPS) is 17.7. The molecule has 0 saturated carbocycles. The van der Waals surface area contributed by atoms with E-state index in [1.54, 1.807) is 0 Å². The number of rotatable bonds is 6. The third kappa shape index (κ3) is 4.85. The van der Waals surface area contributed by atoms with Crippen LogP contribution in [-0.2, 0) is 16.4 Å². The number of sulfonamides is 1. The Labute approximate surface area is 173 Å². The van der Waals surface area contributed by atoms with E-state index in [4.69, 9.17) is 4.42 Å². The molecular weight excluding hydrogens is 410 g/mol. The van der Waals surface area contributed by atoms with Crippen molar-refractivity contribution in [2.75, 3.05) is 25.9 Å². The van der Waals surface area contributed by atoms with Crippen molar-refractivity contribution in [3.05, 3.63) is 52.0 Å². The number of hydrogen-bond donors (Lipinski definition) is 1. The van der Waals surface area contributed by atoms with Crippen LogP contribution in [0.15, 0.2) is 40.8 Å². The first-order chi connectivity index (χ1) is 13.9. The van der Waals surface area contributed by atoms with Crippen LogP contribution in [0, 0.1) is 0 Å². The molecule has 7 nitrogen and oxygen atoms in total. The smallest absolute Gasteiger partial charge is 0.263 e. The average Bonchev–Trinajstić information content (AvgIpc) is 3.33. The lowest BCUT2D eigenvalue weighted by Crippen LogP contribution is -2.38. The van der Waals surface area contributed by atoms with Crippen molar-refractivity contribution < 1.29 is 17.6 Å². The molecule has 9 heteroatoms. The van der Waals surface area contributed by atoms with Gasteiger partial charge >= 0.3 is 0 Å². The molecule has 0 bridgehead atoms. The predicted octanol–water partition coefficient (Wildman–Crippen LogP) is 3.00. The van der Waals surface area contributed by atoms with Crippen LogP contribution in [0.1, 0.15) is 39.2 Å². The molecule has 3 aromatic rings. The highest BCUT2D eigenvalue weighted by Gasteiger charge is 2.29. The van der Waals surface area contributed by atoms with Gasteiger partial charge in [0.2, 0.25) is 10.0 Å². The van der Waals surface area contributed by atoms with Crippen LogP contribution in [0.3, 0.4) is 0 Å². The summed E-state index contributed by atoms with van der Waals surface area (Å²) in [6, 6.07) is 11.4. The molecule has 29 heavy (non-hydrogen) atoms. The fourth-order valence-corrected chi connectivity index (χ4v) is 5.02. The van der Waals surface area contributed by atoms with Gasteiger partial charge in [0.15, 0.2) is 11.5 Å². The number of oxazole rings is 1. The zero-order chi connectivity index (χ0) is 20.4. The largest absolute Gasteiger partial charge is 0.440 e. The third-order valence-corrected chi connectivity index (χ3v) is 6.84. The first-order valence-electron chi connectivity index (χ1n) is 9.57. The molecule has 1 atom stereocenters. The van der Waals surface area contributed by atoms with Crippen LogP contribution in [0.4, 0.5) is 0 Å². The van der Waals surface area contributed by atoms with Crippen LogP contribution in [0.5, 0.6) is 0 Å². The SMILES string of the molecule is CS(=O)(=O)NCCc1ccc(C(=O)N2CCC[C@@H](c3nc4ccccc4o3)C2)s1. The highest BCUT2D eigenvalue weighted by atomic mass is 32.2. The zero-order valence-corrected chi connectivity index (χ0v) is 17.8. The maximum Gasteiger partial charge on any atom is 0.263 e. The van der Waals surface area contributed by atoms with Gasteiger partial charge in [0.25, 0.3) is 5.91 Å². The monoisotopic (exact) mass is 433 g/mol. The molecule has 4 rings (SSSR count). The molecule has 1 saturated heterocycles. The van der Waals surface area contributed by atoms with Crippen molar-refractivity contribution in [1.29, 1.82) is 0 Å². The molecule has 3 heterocycles. The molecule has 1 fully saturated rings. The minimum atomic E-state index is -3.20. The second-order valence-electron chi connectivity index (χ2n) is 7.29. The van der Waals surface area contributed by atoms with E-state index in [-0.39, 0.29) is 11.8 Å². The van der Waals surface area contributed by atoms with E-state index < -0.39 is 10.0 Å². The molecule has 0 radical (unpaired) electrons. The Morgan fingerprint density at radius 1 is 1.31 bits per heavy atom. The average molecular weight is 434 g/mol. The van der Waals surface area contributed by atoms with Crippen LogP contribution >= 0.6 is 11.3 Å². The predicted molar refractivity (Wildman–Crippen MR) is 113 cm³/mol. The lowest BCUT2D eigenvalue weighted by atomic mass is 9.98. The van der Waals surface area contributed by atoms with Crippen molar-refractivity contribution in [1.82, 2.24) is 14.6 Å². The summed E-state index contributed by atoms with van der Waals surface area (Å²) in [5, 5.41) is 0. The van der Waals surface area contributed by atoms with Gasteiger partial charge in [-0.1, -0.05) is 12.1 Å².